The summed E-state index contributed by atoms with van der Waals surface area (Å²) in [6, 6.07) is 20.1. The lowest BCUT2D eigenvalue weighted by Crippen LogP contribution is -2.40. The van der Waals surface area contributed by atoms with Gasteiger partial charge in [-0.05, 0) is 35.8 Å². The van der Waals surface area contributed by atoms with Crippen LogP contribution in [0.15, 0.2) is 60.7 Å². The highest BCUT2D eigenvalue weighted by Crippen LogP contribution is 2.33. The predicted molar refractivity (Wildman–Crippen MR) is 109 cm³/mol. The molecular formula is C23H30N2O2. The van der Waals surface area contributed by atoms with Gasteiger partial charge in [-0.15, -0.1) is 0 Å². The highest BCUT2D eigenvalue weighted by Gasteiger charge is 2.34. The molecule has 0 bridgehead atoms. The Morgan fingerprint density at radius 2 is 1.22 bits per heavy atom. The van der Waals surface area contributed by atoms with E-state index in [-0.39, 0.29) is 17.7 Å². The molecule has 0 saturated carbocycles. The van der Waals surface area contributed by atoms with Crippen LogP contribution in [0.2, 0.25) is 0 Å². The molecule has 144 valence electrons. The first-order valence-electron chi connectivity index (χ1n) is 9.54. The normalized spacial score (nSPS) is 15.4. The molecule has 4 unspecified atom stereocenters. The van der Waals surface area contributed by atoms with Crippen LogP contribution < -0.4 is 11.1 Å². The predicted octanol–water partition coefficient (Wildman–Crippen LogP) is 3.84. The zero-order chi connectivity index (χ0) is 19.8. The van der Waals surface area contributed by atoms with Crippen LogP contribution in [-0.4, -0.2) is 18.9 Å². The van der Waals surface area contributed by atoms with Gasteiger partial charge >= 0.3 is 0 Å². The van der Waals surface area contributed by atoms with Gasteiger partial charge in [0.25, 0.3) is 0 Å². The van der Waals surface area contributed by atoms with Crippen molar-refractivity contribution in [3.63, 3.8) is 0 Å². The van der Waals surface area contributed by atoms with Gasteiger partial charge in [-0.2, -0.15) is 0 Å². The number of carbonyl (C=O) groups is 2. The van der Waals surface area contributed by atoms with Gasteiger partial charge in [0, 0.05) is 13.0 Å². The Balaban J connectivity index is 2.22. The summed E-state index contributed by atoms with van der Waals surface area (Å²) in [6.07, 6.45) is 1.14. The summed E-state index contributed by atoms with van der Waals surface area (Å²) in [5.74, 6) is -1.20. The molecule has 0 aliphatic carbocycles. The maximum atomic E-state index is 12.6. The van der Waals surface area contributed by atoms with E-state index in [0.29, 0.717) is 12.8 Å². The number of hydrogen-bond acceptors (Lipinski definition) is 2. The Kier molecular flexibility index (Phi) is 7.59. The van der Waals surface area contributed by atoms with Gasteiger partial charge in [0.05, 0.1) is 5.92 Å². The highest BCUT2D eigenvalue weighted by molar-refractivity contribution is 5.86. The van der Waals surface area contributed by atoms with Gasteiger partial charge in [-0.1, -0.05) is 74.5 Å². The molecule has 0 spiro atoms. The van der Waals surface area contributed by atoms with Gasteiger partial charge in [-0.25, -0.2) is 0 Å². The number of amides is 2. The molecule has 0 aromatic heterocycles. The second kappa shape index (κ2) is 9.91. The number of nitrogens with one attached hydrogen (secondary N) is 1. The van der Waals surface area contributed by atoms with E-state index in [9.17, 15) is 9.59 Å². The lowest BCUT2D eigenvalue weighted by molar-refractivity contribution is -0.133. The molecule has 27 heavy (non-hydrogen) atoms. The molecular weight excluding hydrogens is 336 g/mol. The van der Waals surface area contributed by atoms with Crippen LogP contribution in [0, 0.1) is 11.8 Å². The summed E-state index contributed by atoms with van der Waals surface area (Å²) in [5, 5.41) is 2.72. The lowest BCUT2D eigenvalue weighted by Gasteiger charge is -2.28. The molecule has 0 radical (unpaired) electrons. The number of rotatable bonds is 9. The van der Waals surface area contributed by atoms with Gasteiger partial charge in [-0.3, -0.25) is 9.59 Å². The molecule has 0 heterocycles. The largest absolute Gasteiger partial charge is 0.369 e. The first-order chi connectivity index (χ1) is 12.9. The number of benzene rings is 2. The van der Waals surface area contributed by atoms with E-state index in [0.717, 1.165) is 11.1 Å². The van der Waals surface area contributed by atoms with Crippen molar-refractivity contribution in [3.05, 3.63) is 71.8 Å². The van der Waals surface area contributed by atoms with Crippen LogP contribution in [0.4, 0.5) is 0 Å². The maximum Gasteiger partial charge on any atom is 0.223 e. The first kappa shape index (κ1) is 20.7. The molecule has 0 saturated heterocycles. The van der Waals surface area contributed by atoms with Crippen molar-refractivity contribution >= 4 is 11.8 Å². The van der Waals surface area contributed by atoms with Crippen molar-refractivity contribution in [1.82, 2.24) is 5.32 Å². The molecule has 3 N–H and O–H groups in total. The van der Waals surface area contributed by atoms with Gasteiger partial charge in [0.2, 0.25) is 11.8 Å². The van der Waals surface area contributed by atoms with E-state index in [1.807, 2.05) is 48.5 Å². The number of carbonyl (C=O) groups excluding carboxylic acids is 2. The average molecular weight is 367 g/mol. The minimum absolute atomic E-state index is 0.123. The minimum Gasteiger partial charge on any atom is -0.369 e. The SMILES string of the molecule is CNC(=O)C(CC(C)c1ccccc1)C(CC(C)c1ccccc1)C(N)=O. The fraction of sp³-hybridized carbons (Fsp3) is 0.391. The topological polar surface area (TPSA) is 72.2 Å². The second-order valence-corrected chi connectivity index (χ2v) is 7.32. The van der Waals surface area contributed by atoms with Crippen LogP contribution in [-0.2, 0) is 9.59 Å². The van der Waals surface area contributed by atoms with Crippen molar-refractivity contribution in [1.29, 1.82) is 0 Å². The first-order valence-corrected chi connectivity index (χ1v) is 9.54. The van der Waals surface area contributed by atoms with Crippen LogP contribution in [0.5, 0.6) is 0 Å². The Bertz CT molecular complexity index is 731. The number of hydrogen-bond donors (Lipinski definition) is 2. The Morgan fingerprint density at radius 1 is 0.815 bits per heavy atom. The molecule has 0 fully saturated rings. The fourth-order valence-corrected chi connectivity index (χ4v) is 3.72. The van der Waals surface area contributed by atoms with Crippen molar-refractivity contribution in [2.75, 3.05) is 7.05 Å². The van der Waals surface area contributed by atoms with Crippen LogP contribution >= 0.6 is 0 Å². The fourth-order valence-electron chi connectivity index (χ4n) is 3.72. The molecule has 4 nitrogen and oxygen atoms in total. The standard InChI is InChI=1S/C23H30N2O2/c1-16(18-10-6-4-7-11-18)14-20(22(24)26)21(23(27)25-3)15-17(2)19-12-8-5-9-13-19/h4-13,16-17,20-21H,14-15H2,1-3H3,(H2,24,26)(H,25,27). The van der Waals surface area contributed by atoms with Crippen molar-refractivity contribution in [2.24, 2.45) is 17.6 Å². The van der Waals surface area contributed by atoms with E-state index in [2.05, 4.69) is 31.3 Å². The third kappa shape index (κ3) is 5.68. The molecule has 2 aromatic rings. The zero-order valence-corrected chi connectivity index (χ0v) is 16.4. The summed E-state index contributed by atoms with van der Waals surface area (Å²) in [5.41, 5.74) is 8.06. The third-order valence-corrected chi connectivity index (χ3v) is 5.39. The quantitative estimate of drug-likeness (QED) is 0.708. The molecule has 2 rings (SSSR count). The van der Waals surface area contributed by atoms with Gasteiger partial charge < -0.3 is 11.1 Å². The summed E-state index contributed by atoms with van der Waals surface area (Å²) >= 11 is 0. The van der Waals surface area contributed by atoms with Gasteiger partial charge in [0.15, 0.2) is 0 Å². The Hall–Kier alpha value is -2.62. The molecule has 0 aliphatic heterocycles. The average Bonchev–Trinajstić information content (AvgIpc) is 2.70. The summed E-state index contributed by atoms with van der Waals surface area (Å²) in [7, 11) is 1.61. The Labute approximate surface area is 162 Å². The van der Waals surface area contributed by atoms with Gasteiger partial charge in [0.1, 0.15) is 0 Å². The second-order valence-electron chi connectivity index (χ2n) is 7.32. The van der Waals surface area contributed by atoms with Crippen LogP contribution in [0.25, 0.3) is 0 Å². The van der Waals surface area contributed by atoms with Crippen molar-refractivity contribution < 1.29 is 9.59 Å². The van der Waals surface area contributed by atoms with E-state index in [1.165, 1.54) is 0 Å². The smallest absolute Gasteiger partial charge is 0.223 e. The number of primary amides is 1. The monoisotopic (exact) mass is 366 g/mol. The molecule has 4 heteroatoms. The van der Waals surface area contributed by atoms with E-state index in [4.69, 9.17) is 5.73 Å². The van der Waals surface area contributed by atoms with E-state index in [1.54, 1.807) is 7.05 Å². The number of nitrogens with two attached hydrogens (primary N) is 1. The Morgan fingerprint density at radius 3 is 1.59 bits per heavy atom. The summed E-state index contributed by atoms with van der Waals surface area (Å²) in [4.78, 5) is 24.9. The lowest BCUT2D eigenvalue weighted by atomic mass is 9.76. The van der Waals surface area contributed by atoms with E-state index < -0.39 is 17.7 Å². The highest BCUT2D eigenvalue weighted by atomic mass is 16.2. The molecule has 4 atom stereocenters. The summed E-state index contributed by atoms with van der Waals surface area (Å²) < 4.78 is 0. The minimum atomic E-state index is -0.508. The molecule has 2 aromatic carbocycles. The van der Waals surface area contributed by atoms with E-state index >= 15 is 0 Å². The summed E-state index contributed by atoms with van der Waals surface area (Å²) in [6.45, 7) is 4.16. The van der Waals surface area contributed by atoms with Crippen molar-refractivity contribution in [3.8, 4) is 0 Å². The van der Waals surface area contributed by atoms with Crippen molar-refractivity contribution in [2.45, 2.75) is 38.5 Å². The third-order valence-electron chi connectivity index (χ3n) is 5.39. The molecule has 0 aliphatic rings. The zero-order valence-electron chi connectivity index (χ0n) is 16.4. The molecule has 2 amide bonds. The van der Waals surface area contributed by atoms with Crippen LogP contribution in [0.1, 0.15) is 49.7 Å². The van der Waals surface area contributed by atoms with Crippen LogP contribution in [0.3, 0.4) is 0 Å². The maximum absolute atomic E-state index is 12.6.